The number of imidazole rings is 1. The monoisotopic (exact) mass is 413 g/mol. The third-order valence-electron chi connectivity index (χ3n) is 4.98. The van der Waals surface area contributed by atoms with Gasteiger partial charge in [0.1, 0.15) is 17.6 Å². The number of fused-ring (bicyclic) bond motifs is 1. The molecular formula is C22H21F2N3O3. The first-order valence-corrected chi connectivity index (χ1v) is 9.59. The van der Waals surface area contributed by atoms with E-state index in [0.29, 0.717) is 17.2 Å². The largest absolute Gasteiger partial charge is 0.498 e. The number of carbonyl (C=O) groups is 1. The van der Waals surface area contributed by atoms with Gasteiger partial charge in [-0.1, -0.05) is 12.1 Å². The first kappa shape index (κ1) is 19.9. The van der Waals surface area contributed by atoms with E-state index in [2.05, 4.69) is 9.97 Å². The zero-order chi connectivity index (χ0) is 21.1. The van der Waals surface area contributed by atoms with Crippen molar-refractivity contribution in [3.8, 4) is 5.75 Å². The summed E-state index contributed by atoms with van der Waals surface area (Å²) in [6.07, 6.45) is 0.878. The van der Waals surface area contributed by atoms with Crippen molar-refractivity contribution in [1.29, 1.82) is 0 Å². The van der Waals surface area contributed by atoms with Crippen molar-refractivity contribution in [2.75, 3.05) is 18.6 Å². The third-order valence-corrected chi connectivity index (χ3v) is 4.98. The Kier molecular flexibility index (Phi) is 5.65. The van der Waals surface area contributed by atoms with Gasteiger partial charge in [0.2, 0.25) is 6.43 Å². The van der Waals surface area contributed by atoms with Gasteiger partial charge in [-0.2, -0.15) is 0 Å². The van der Waals surface area contributed by atoms with Crippen LogP contribution in [0.4, 0.5) is 14.5 Å². The van der Waals surface area contributed by atoms with Gasteiger partial charge in [0.15, 0.2) is 0 Å². The predicted molar refractivity (Wildman–Crippen MR) is 109 cm³/mol. The molecule has 156 valence electrons. The van der Waals surface area contributed by atoms with Crippen molar-refractivity contribution >= 4 is 22.6 Å². The second-order valence-electron chi connectivity index (χ2n) is 6.92. The molecule has 8 heteroatoms. The van der Waals surface area contributed by atoms with Gasteiger partial charge in [0.25, 0.3) is 5.91 Å². The number of anilines is 1. The molecule has 1 N–H and O–H groups in total. The van der Waals surface area contributed by atoms with Gasteiger partial charge in [-0.3, -0.25) is 9.69 Å². The molecule has 1 aliphatic rings. The Balaban J connectivity index is 1.56. The Hall–Kier alpha value is -3.42. The lowest BCUT2D eigenvalue weighted by atomic mass is 10.0. The number of halogens is 2. The van der Waals surface area contributed by atoms with Crippen LogP contribution < -0.4 is 9.64 Å². The number of ether oxygens (including phenoxy) is 2. The van der Waals surface area contributed by atoms with Crippen molar-refractivity contribution in [2.24, 2.45) is 0 Å². The van der Waals surface area contributed by atoms with Crippen LogP contribution >= 0.6 is 0 Å². The van der Waals surface area contributed by atoms with Gasteiger partial charge in [-0.05, 0) is 42.3 Å². The summed E-state index contributed by atoms with van der Waals surface area (Å²) >= 11 is 0. The number of aromatic nitrogens is 2. The Labute approximate surface area is 172 Å². The van der Waals surface area contributed by atoms with Crippen LogP contribution in [0.2, 0.25) is 0 Å². The second-order valence-corrected chi connectivity index (χ2v) is 6.92. The van der Waals surface area contributed by atoms with Crippen LogP contribution in [0.15, 0.2) is 60.6 Å². The fraction of sp³-hybridized carbons (Fsp3) is 0.273. The Morgan fingerprint density at radius 3 is 2.73 bits per heavy atom. The highest BCUT2D eigenvalue weighted by Crippen LogP contribution is 2.39. The van der Waals surface area contributed by atoms with Crippen molar-refractivity contribution in [1.82, 2.24) is 9.97 Å². The van der Waals surface area contributed by atoms with Gasteiger partial charge in [-0.15, -0.1) is 0 Å². The van der Waals surface area contributed by atoms with E-state index in [4.69, 9.17) is 9.47 Å². The number of H-pyrrole nitrogens is 1. The highest BCUT2D eigenvalue weighted by molar-refractivity contribution is 6.06. The van der Waals surface area contributed by atoms with Crippen LogP contribution in [0.25, 0.3) is 11.0 Å². The number of nitrogens with zero attached hydrogens (tertiary/aromatic N) is 2. The molecule has 0 aliphatic carbocycles. The highest BCUT2D eigenvalue weighted by atomic mass is 19.3. The normalized spacial score (nSPS) is 16.4. The molecule has 0 saturated carbocycles. The third kappa shape index (κ3) is 3.98. The molecule has 0 bridgehead atoms. The smallest absolute Gasteiger partial charge is 0.255 e. The molecule has 0 saturated heterocycles. The van der Waals surface area contributed by atoms with Crippen molar-refractivity contribution in [3.63, 3.8) is 0 Å². The molecule has 30 heavy (non-hydrogen) atoms. The predicted octanol–water partition coefficient (Wildman–Crippen LogP) is 4.61. The summed E-state index contributed by atoms with van der Waals surface area (Å²) in [6.45, 7) is 0.227. The second kappa shape index (κ2) is 8.52. The number of alkyl halides is 2. The Bertz CT molecular complexity index is 1060. The molecule has 1 aromatic heterocycles. The quantitative estimate of drug-likeness (QED) is 0.548. The average Bonchev–Trinajstić information content (AvgIpc) is 3.34. The van der Waals surface area contributed by atoms with E-state index in [9.17, 15) is 13.6 Å². The Morgan fingerprint density at radius 2 is 2.00 bits per heavy atom. The number of nitrogens with one attached hydrogen (secondary N) is 1. The summed E-state index contributed by atoms with van der Waals surface area (Å²) in [5, 5.41) is 0. The van der Waals surface area contributed by atoms with Gasteiger partial charge < -0.3 is 14.5 Å². The lowest BCUT2D eigenvalue weighted by Crippen LogP contribution is -2.29. The highest BCUT2D eigenvalue weighted by Gasteiger charge is 2.36. The minimum atomic E-state index is -2.32. The summed E-state index contributed by atoms with van der Waals surface area (Å²) in [6, 6.07) is 12.4. The summed E-state index contributed by atoms with van der Waals surface area (Å²) < 4.78 is 35.5. The molecule has 4 rings (SSSR count). The van der Waals surface area contributed by atoms with E-state index in [1.54, 1.807) is 23.4 Å². The van der Waals surface area contributed by atoms with Crippen LogP contribution in [0.1, 0.15) is 24.4 Å². The van der Waals surface area contributed by atoms with Crippen molar-refractivity contribution < 1.29 is 23.0 Å². The summed E-state index contributed by atoms with van der Waals surface area (Å²) in [4.78, 5) is 21.7. The lowest BCUT2D eigenvalue weighted by molar-refractivity contribution is -0.113. The average molecular weight is 413 g/mol. The maximum absolute atomic E-state index is 12.8. The summed E-state index contributed by atoms with van der Waals surface area (Å²) in [5.41, 5.74) is 3.20. The molecule has 0 radical (unpaired) electrons. The minimum absolute atomic E-state index is 0.181. The fourth-order valence-electron chi connectivity index (χ4n) is 3.53. The van der Waals surface area contributed by atoms with Crippen LogP contribution in [0.5, 0.6) is 5.75 Å². The number of hydrogen-bond donors (Lipinski definition) is 1. The number of methoxy groups -OCH3 is 1. The van der Waals surface area contributed by atoms with E-state index < -0.39 is 12.5 Å². The molecule has 1 atom stereocenters. The van der Waals surface area contributed by atoms with Crippen molar-refractivity contribution in [3.05, 3.63) is 66.2 Å². The van der Waals surface area contributed by atoms with Gasteiger partial charge in [0, 0.05) is 18.2 Å². The summed E-state index contributed by atoms with van der Waals surface area (Å²) in [5.74, 6) is 0.941. The lowest BCUT2D eigenvalue weighted by Gasteiger charge is -2.27. The topological polar surface area (TPSA) is 67.5 Å². The van der Waals surface area contributed by atoms with Gasteiger partial charge in [0.05, 0.1) is 31.1 Å². The number of carbonyl (C=O) groups excluding carboxylic acids is 1. The van der Waals surface area contributed by atoms with Crippen LogP contribution in [-0.4, -0.2) is 36.0 Å². The van der Waals surface area contributed by atoms with Gasteiger partial charge >= 0.3 is 0 Å². The Morgan fingerprint density at radius 1 is 1.20 bits per heavy atom. The number of aromatic amines is 1. The van der Waals surface area contributed by atoms with Gasteiger partial charge in [-0.25, -0.2) is 13.8 Å². The molecular weight excluding hydrogens is 392 g/mol. The van der Waals surface area contributed by atoms with Crippen LogP contribution in [0, 0.1) is 0 Å². The summed E-state index contributed by atoms with van der Waals surface area (Å²) in [7, 11) is 1.53. The maximum Gasteiger partial charge on any atom is 0.255 e. The molecule has 1 unspecified atom stereocenters. The number of amides is 1. The van der Waals surface area contributed by atoms with E-state index in [0.717, 1.165) is 16.6 Å². The SMILES string of the molecule is COC1=CC(=O)N(c2ccc3[nH]cnc3c2)C1c1ccc(OCCCC(F)F)cc1. The van der Waals surface area contributed by atoms with E-state index in [-0.39, 0.29) is 25.4 Å². The van der Waals surface area contributed by atoms with Crippen LogP contribution in [-0.2, 0) is 9.53 Å². The molecule has 3 aromatic rings. The fourth-order valence-corrected chi connectivity index (χ4v) is 3.53. The molecule has 1 amide bonds. The zero-order valence-electron chi connectivity index (χ0n) is 16.3. The molecule has 2 aromatic carbocycles. The maximum atomic E-state index is 12.8. The minimum Gasteiger partial charge on any atom is -0.498 e. The molecule has 6 nitrogen and oxygen atoms in total. The first-order chi connectivity index (χ1) is 14.6. The van der Waals surface area contributed by atoms with E-state index in [1.807, 2.05) is 30.3 Å². The first-order valence-electron chi connectivity index (χ1n) is 9.59. The standard InChI is InChI=1S/C22H21F2N3O3/c1-29-19-12-21(28)27(15-6-9-17-18(11-15)26-13-25-17)22(19)14-4-7-16(8-5-14)30-10-2-3-20(23)24/h4-9,11-13,20,22H,2-3,10H2,1H3,(H,25,26). The molecule has 0 spiro atoms. The number of benzene rings is 2. The molecule has 2 heterocycles. The molecule has 1 aliphatic heterocycles. The number of rotatable bonds is 8. The van der Waals surface area contributed by atoms with E-state index in [1.165, 1.54) is 13.2 Å². The molecule has 0 fully saturated rings. The zero-order valence-corrected chi connectivity index (χ0v) is 16.3. The van der Waals surface area contributed by atoms with Crippen LogP contribution in [0.3, 0.4) is 0 Å². The number of hydrogen-bond acceptors (Lipinski definition) is 4. The van der Waals surface area contributed by atoms with Crippen molar-refractivity contribution in [2.45, 2.75) is 25.3 Å². The van der Waals surface area contributed by atoms with E-state index >= 15 is 0 Å².